The molecule has 4 amide bonds. The fourth-order valence-electron chi connectivity index (χ4n) is 3.38. The van der Waals surface area contributed by atoms with Crippen molar-refractivity contribution in [1.29, 1.82) is 0 Å². The first-order chi connectivity index (χ1) is 14.5. The van der Waals surface area contributed by atoms with Crippen LogP contribution in [-0.2, 0) is 24.8 Å². The molecule has 0 saturated carbocycles. The van der Waals surface area contributed by atoms with E-state index in [9.17, 15) is 9.59 Å². The zero-order valence-corrected chi connectivity index (χ0v) is 18.7. The molecule has 0 aliphatic carbocycles. The molecule has 2 heterocycles. The van der Waals surface area contributed by atoms with Gasteiger partial charge in [0.2, 0.25) is 0 Å². The predicted molar refractivity (Wildman–Crippen MR) is 122 cm³/mol. The molecular formula is C22H26Cl2N4O2. The second-order valence-electron chi connectivity index (χ2n) is 7.14. The van der Waals surface area contributed by atoms with Gasteiger partial charge < -0.3 is 20.4 Å². The van der Waals surface area contributed by atoms with Crippen molar-refractivity contribution in [2.75, 3.05) is 23.7 Å². The minimum absolute atomic E-state index is 0.0308. The van der Waals surface area contributed by atoms with Gasteiger partial charge >= 0.3 is 12.1 Å². The van der Waals surface area contributed by atoms with Crippen molar-refractivity contribution >= 4 is 46.6 Å². The number of nitrogens with zero attached hydrogens (tertiary/aromatic N) is 2. The SMILES string of the molecule is CCN1Cc2ccc(CCl)cc2NC1=O.CCN1Cc2ccc(CCl)cc2NC1=O. The smallest absolute Gasteiger partial charge is 0.320 e. The van der Waals surface area contributed by atoms with Gasteiger partial charge in [0.15, 0.2) is 0 Å². The first-order valence-corrected chi connectivity index (χ1v) is 11.0. The molecule has 0 saturated heterocycles. The lowest BCUT2D eigenvalue weighted by Crippen LogP contribution is -2.38. The zero-order valence-electron chi connectivity index (χ0n) is 17.2. The maximum atomic E-state index is 11.6. The van der Waals surface area contributed by atoms with E-state index in [1.165, 1.54) is 0 Å². The molecule has 0 atom stereocenters. The summed E-state index contributed by atoms with van der Waals surface area (Å²) < 4.78 is 0. The van der Waals surface area contributed by atoms with Gasteiger partial charge in [0.1, 0.15) is 0 Å². The molecule has 2 aliphatic rings. The summed E-state index contributed by atoms with van der Waals surface area (Å²) in [6.07, 6.45) is 0. The first kappa shape index (κ1) is 22.2. The predicted octanol–water partition coefficient (Wildman–Crippen LogP) is 5.59. The van der Waals surface area contributed by atoms with Crippen molar-refractivity contribution in [2.45, 2.75) is 38.7 Å². The third-order valence-electron chi connectivity index (χ3n) is 5.20. The molecule has 0 fully saturated rings. The van der Waals surface area contributed by atoms with E-state index in [0.717, 1.165) is 46.7 Å². The van der Waals surface area contributed by atoms with Crippen LogP contribution in [0.5, 0.6) is 0 Å². The highest BCUT2D eigenvalue weighted by Gasteiger charge is 2.21. The number of hydrogen-bond donors (Lipinski definition) is 2. The second-order valence-corrected chi connectivity index (χ2v) is 7.67. The number of halogens is 2. The standard InChI is InChI=1S/2C11H13ClN2O/c2*1-2-14-7-9-4-3-8(6-12)5-10(9)13-11(14)15/h2*3-5H,2,6-7H2,1H3,(H,13,15). The quantitative estimate of drug-likeness (QED) is 0.598. The first-order valence-electron chi connectivity index (χ1n) is 9.96. The number of alkyl halides is 2. The summed E-state index contributed by atoms with van der Waals surface area (Å²) in [6, 6.07) is 11.9. The van der Waals surface area contributed by atoms with Crippen LogP contribution in [0.4, 0.5) is 21.0 Å². The van der Waals surface area contributed by atoms with Crippen molar-refractivity contribution in [3.8, 4) is 0 Å². The highest BCUT2D eigenvalue weighted by Crippen LogP contribution is 2.26. The van der Waals surface area contributed by atoms with Crippen molar-refractivity contribution in [1.82, 2.24) is 9.80 Å². The van der Waals surface area contributed by atoms with E-state index in [4.69, 9.17) is 23.2 Å². The van der Waals surface area contributed by atoms with Crippen LogP contribution < -0.4 is 10.6 Å². The highest BCUT2D eigenvalue weighted by atomic mass is 35.5. The molecule has 160 valence electrons. The Morgan fingerprint density at radius 3 is 1.50 bits per heavy atom. The van der Waals surface area contributed by atoms with E-state index in [1.807, 2.05) is 50.2 Å². The van der Waals surface area contributed by atoms with E-state index in [1.54, 1.807) is 9.80 Å². The number of urea groups is 2. The van der Waals surface area contributed by atoms with Crippen molar-refractivity contribution in [3.05, 3.63) is 58.7 Å². The van der Waals surface area contributed by atoms with Gasteiger partial charge in [0.05, 0.1) is 0 Å². The lowest BCUT2D eigenvalue weighted by Gasteiger charge is -2.28. The maximum absolute atomic E-state index is 11.6. The van der Waals surface area contributed by atoms with Crippen molar-refractivity contribution < 1.29 is 9.59 Å². The highest BCUT2D eigenvalue weighted by molar-refractivity contribution is 6.17. The summed E-state index contributed by atoms with van der Waals surface area (Å²) in [5.41, 5.74) is 6.13. The Morgan fingerprint density at radius 2 is 1.17 bits per heavy atom. The number of carbonyl (C=O) groups is 2. The van der Waals surface area contributed by atoms with Gasteiger partial charge in [-0.05, 0) is 48.2 Å². The molecule has 2 aromatic rings. The number of anilines is 2. The number of fused-ring (bicyclic) bond motifs is 2. The molecule has 0 aromatic heterocycles. The monoisotopic (exact) mass is 448 g/mol. The number of hydrogen-bond acceptors (Lipinski definition) is 2. The van der Waals surface area contributed by atoms with Gasteiger partial charge in [0, 0.05) is 49.3 Å². The molecule has 0 bridgehead atoms. The molecule has 2 aliphatic heterocycles. The molecule has 6 nitrogen and oxygen atoms in total. The van der Waals surface area contributed by atoms with Gasteiger partial charge in [-0.15, -0.1) is 23.2 Å². The normalized spacial score (nSPS) is 14.8. The summed E-state index contributed by atoms with van der Waals surface area (Å²) in [7, 11) is 0. The third-order valence-corrected chi connectivity index (χ3v) is 5.82. The van der Waals surface area contributed by atoms with Crippen LogP contribution in [0.1, 0.15) is 36.1 Å². The Bertz CT molecular complexity index is 860. The van der Waals surface area contributed by atoms with E-state index in [-0.39, 0.29) is 12.1 Å². The number of amides is 4. The fraction of sp³-hybridized carbons (Fsp3) is 0.364. The lowest BCUT2D eigenvalue weighted by molar-refractivity contribution is 0.209. The van der Waals surface area contributed by atoms with Crippen molar-refractivity contribution in [2.24, 2.45) is 0 Å². The fourth-order valence-corrected chi connectivity index (χ4v) is 3.71. The zero-order chi connectivity index (χ0) is 21.7. The van der Waals surface area contributed by atoms with Crippen LogP contribution in [0.2, 0.25) is 0 Å². The van der Waals surface area contributed by atoms with Gasteiger partial charge in [0.25, 0.3) is 0 Å². The summed E-state index contributed by atoms with van der Waals surface area (Å²) in [6.45, 7) is 6.75. The molecule has 4 rings (SSSR count). The topological polar surface area (TPSA) is 64.7 Å². The second kappa shape index (κ2) is 10.0. The molecule has 2 N–H and O–H groups in total. The van der Waals surface area contributed by atoms with Crippen LogP contribution in [0.15, 0.2) is 36.4 Å². The van der Waals surface area contributed by atoms with Crippen LogP contribution in [0, 0.1) is 0 Å². The summed E-state index contributed by atoms with van der Waals surface area (Å²) in [5, 5.41) is 5.73. The Kier molecular flexibility index (Phi) is 7.45. The minimum Gasteiger partial charge on any atom is -0.320 e. The number of rotatable bonds is 4. The Labute approximate surface area is 187 Å². The van der Waals surface area contributed by atoms with E-state index < -0.39 is 0 Å². The molecule has 2 aromatic carbocycles. The average Bonchev–Trinajstić information content (AvgIpc) is 2.77. The van der Waals surface area contributed by atoms with E-state index >= 15 is 0 Å². The van der Waals surface area contributed by atoms with Crippen molar-refractivity contribution in [3.63, 3.8) is 0 Å². The van der Waals surface area contributed by atoms with Gasteiger partial charge in [-0.2, -0.15) is 0 Å². The van der Waals surface area contributed by atoms with Crippen LogP contribution in [0.25, 0.3) is 0 Å². The van der Waals surface area contributed by atoms with Gasteiger partial charge in [-0.1, -0.05) is 24.3 Å². The largest absolute Gasteiger partial charge is 0.322 e. The van der Waals surface area contributed by atoms with Crippen LogP contribution in [-0.4, -0.2) is 35.0 Å². The van der Waals surface area contributed by atoms with Gasteiger partial charge in [-0.3, -0.25) is 0 Å². The Hall–Kier alpha value is -2.44. The van der Waals surface area contributed by atoms with Gasteiger partial charge in [-0.25, -0.2) is 9.59 Å². The summed E-state index contributed by atoms with van der Waals surface area (Å²) in [4.78, 5) is 26.7. The summed E-state index contributed by atoms with van der Waals surface area (Å²) >= 11 is 11.5. The lowest BCUT2D eigenvalue weighted by atomic mass is 10.1. The third kappa shape index (κ3) is 4.99. The molecule has 0 spiro atoms. The molecule has 8 heteroatoms. The molecule has 0 radical (unpaired) electrons. The minimum atomic E-state index is -0.0308. The Morgan fingerprint density at radius 1 is 0.767 bits per heavy atom. The number of carbonyl (C=O) groups excluding carboxylic acids is 2. The van der Waals surface area contributed by atoms with Crippen LogP contribution >= 0.6 is 23.2 Å². The molecule has 0 unspecified atom stereocenters. The van der Waals surface area contributed by atoms with Crippen LogP contribution in [0.3, 0.4) is 0 Å². The van der Waals surface area contributed by atoms with E-state index in [0.29, 0.717) is 24.8 Å². The number of benzene rings is 2. The number of nitrogens with one attached hydrogen (secondary N) is 2. The molecular weight excluding hydrogens is 423 g/mol. The maximum Gasteiger partial charge on any atom is 0.322 e. The van der Waals surface area contributed by atoms with E-state index in [2.05, 4.69) is 10.6 Å². The summed E-state index contributed by atoms with van der Waals surface area (Å²) in [5.74, 6) is 0.946. The Balaban J connectivity index is 0.000000171. The molecule has 30 heavy (non-hydrogen) atoms. The average molecular weight is 449 g/mol.